The Bertz CT molecular complexity index is 364. The average Bonchev–Trinajstić information content (AvgIpc) is 2.31. The minimum absolute atomic E-state index is 0.113. The first-order chi connectivity index (χ1) is 7.69. The van der Waals surface area contributed by atoms with Crippen LogP contribution in [0.4, 0.5) is 0 Å². The van der Waals surface area contributed by atoms with Crippen molar-refractivity contribution in [2.45, 2.75) is 19.5 Å². The fraction of sp³-hybridized carbons (Fsp3) is 0.357. The van der Waals surface area contributed by atoms with Gasteiger partial charge in [-0.25, -0.2) is 0 Å². The number of hydrogen-bond donors (Lipinski definition) is 0. The summed E-state index contributed by atoms with van der Waals surface area (Å²) in [6, 6.07) is 12.4. The van der Waals surface area contributed by atoms with E-state index in [0.29, 0.717) is 0 Å². The summed E-state index contributed by atoms with van der Waals surface area (Å²) >= 11 is 0. The first-order valence-corrected chi connectivity index (χ1v) is 5.45. The Balaban J connectivity index is 2.67. The lowest BCUT2D eigenvalue weighted by molar-refractivity contribution is 0.244. The molecule has 0 aliphatic rings. The van der Waals surface area contributed by atoms with Crippen molar-refractivity contribution in [1.82, 2.24) is 4.90 Å². The topological polar surface area (TPSA) is 27.0 Å². The van der Waals surface area contributed by atoms with Crippen LogP contribution in [0.25, 0.3) is 0 Å². The van der Waals surface area contributed by atoms with Crippen LogP contribution in [0.5, 0.6) is 0 Å². The summed E-state index contributed by atoms with van der Waals surface area (Å²) < 4.78 is 0. The lowest BCUT2D eigenvalue weighted by atomic mass is 10.0. The van der Waals surface area contributed by atoms with Crippen molar-refractivity contribution in [2.75, 3.05) is 7.05 Å². The van der Waals surface area contributed by atoms with E-state index in [-0.39, 0.29) is 12.0 Å². The van der Waals surface area contributed by atoms with Gasteiger partial charge in [0.15, 0.2) is 0 Å². The van der Waals surface area contributed by atoms with Gasteiger partial charge in [-0.3, -0.25) is 4.90 Å². The summed E-state index contributed by atoms with van der Waals surface area (Å²) in [5.74, 6) is 0.179. The van der Waals surface area contributed by atoms with Gasteiger partial charge in [0.25, 0.3) is 0 Å². The van der Waals surface area contributed by atoms with Crippen molar-refractivity contribution in [2.24, 2.45) is 5.92 Å². The molecule has 0 N–H and O–H groups in total. The predicted molar refractivity (Wildman–Crippen MR) is 66.7 cm³/mol. The molecule has 0 aliphatic carbocycles. The minimum atomic E-state index is -0.113. The summed E-state index contributed by atoms with van der Waals surface area (Å²) in [5.41, 5.74) is 1.22. The Hall–Kier alpha value is -1.59. The summed E-state index contributed by atoms with van der Waals surface area (Å²) in [7, 11) is 1.97. The fourth-order valence-corrected chi connectivity index (χ4v) is 1.72. The van der Waals surface area contributed by atoms with Crippen molar-refractivity contribution in [3.05, 3.63) is 48.6 Å². The zero-order valence-electron chi connectivity index (χ0n) is 9.93. The fourth-order valence-electron chi connectivity index (χ4n) is 1.72. The van der Waals surface area contributed by atoms with Crippen LogP contribution >= 0.6 is 0 Å². The van der Waals surface area contributed by atoms with E-state index in [0.717, 1.165) is 6.54 Å². The van der Waals surface area contributed by atoms with Gasteiger partial charge in [-0.1, -0.05) is 43.3 Å². The van der Waals surface area contributed by atoms with Crippen LogP contribution < -0.4 is 0 Å². The Labute approximate surface area is 97.8 Å². The van der Waals surface area contributed by atoms with Gasteiger partial charge in [-0.05, 0) is 12.6 Å². The quantitative estimate of drug-likeness (QED) is 0.705. The van der Waals surface area contributed by atoms with Gasteiger partial charge < -0.3 is 0 Å². The molecule has 0 saturated carbocycles. The van der Waals surface area contributed by atoms with Crippen LogP contribution in [0.3, 0.4) is 0 Å². The van der Waals surface area contributed by atoms with Crippen LogP contribution in [-0.2, 0) is 6.54 Å². The smallest absolute Gasteiger partial charge is 0.104 e. The molecular weight excluding hydrogens is 196 g/mol. The largest absolute Gasteiger partial charge is 0.286 e. The normalized spacial score (nSPS) is 14.1. The number of rotatable bonds is 5. The molecule has 0 bridgehead atoms. The summed E-state index contributed by atoms with van der Waals surface area (Å²) in [6.45, 7) is 6.55. The molecule has 1 aromatic carbocycles. The van der Waals surface area contributed by atoms with Crippen molar-refractivity contribution in [1.29, 1.82) is 5.26 Å². The van der Waals surface area contributed by atoms with E-state index in [1.54, 1.807) is 0 Å². The van der Waals surface area contributed by atoms with Crippen molar-refractivity contribution >= 4 is 0 Å². The third-order valence-corrected chi connectivity index (χ3v) is 2.75. The maximum Gasteiger partial charge on any atom is 0.104 e. The second-order valence-corrected chi connectivity index (χ2v) is 4.07. The number of nitrogens with zero attached hydrogens (tertiary/aromatic N) is 2. The Morgan fingerprint density at radius 1 is 1.44 bits per heavy atom. The SMILES string of the molecule is C=CC(C)C(C#N)N(C)Cc1ccccc1. The second kappa shape index (κ2) is 6.09. The maximum absolute atomic E-state index is 9.14. The predicted octanol–water partition coefficient (Wildman–Crippen LogP) is 2.83. The second-order valence-electron chi connectivity index (χ2n) is 4.07. The maximum atomic E-state index is 9.14. The van der Waals surface area contributed by atoms with Gasteiger partial charge in [0.05, 0.1) is 6.07 Å². The van der Waals surface area contributed by atoms with E-state index in [2.05, 4.69) is 29.7 Å². The van der Waals surface area contributed by atoms with Gasteiger partial charge >= 0.3 is 0 Å². The van der Waals surface area contributed by atoms with Gasteiger partial charge in [0, 0.05) is 12.5 Å². The highest BCUT2D eigenvalue weighted by Crippen LogP contribution is 2.13. The van der Waals surface area contributed by atoms with E-state index in [4.69, 9.17) is 5.26 Å². The molecule has 0 saturated heterocycles. The highest BCUT2D eigenvalue weighted by Gasteiger charge is 2.18. The molecule has 0 aliphatic heterocycles. The zero-order chi connectivity index (χ0) is 12.0. The average molecular weight is 214 g/mol. The molecule has 2 atom stereocenters. The van der Waals surface area contributed by atoms with Crippen molar-refractivity contribution < 1.29 is 0 Å². The highest BCUT2D eigenvalue weighted by molar-refractivity contribution is 5.15. The number of hydrogen-bond acceptors (Lipinski definition) is 2. The molecule has 0 radical (unpaired) electrons. The summed E-state index contributed by atoms with van der Waals surface area (Å²) in [6.07, 6.45) is 1.83. The molecule has 0 fully saturated rings. The lowest BCUT2D eigenvalue weighted by Gasteiger charge is -2.25. The molecule has 0 spiro atoms. The standard InChI is InChI=1S/C14H18N2/c1-4-12(2)14(10-15)16(3)11-13-8-6-5-7-9-13/h4-9,12,14H,1,11H2,2-3H3. The van der Waals surface area contributed by atoms with E-state index in [9.17, 15) is 0 Å². The molecule has 2 heteroatoms. The van der Waals surface area contributed by atoms with Gasteiger partial charge in [0.2, 0.25) is 0 Å². The summed E-state index contributed by atoms with van der Waals surface area (Å²) in [5, 5.41) is 9.14. The first-order valence-electron chi connectivity index (χ1n) is 5.45. The molecule has 2 unspecified atom stereocenters. The summed E-state index contributed by atoms with van der Waals surface area (Å²) in [4.78, 5) is 2.06. The molecule has 0 heterocycles. The molecule has 0 amide bonds. The third-order valence-electron chi connectivity index (χ3n) is 2.75. The monoisotopic (exact) mass is 214 g/mol. The molecule has 84 valence electrons. The van der Waals surface area contributed by atoms with Crippen molar-refractivity contribution in [3.63, 3.8) is 0 Å². The van der Waals surface area contributed by atoms with Crippen LogP contribution in [0.15, 0.2) is 43.0 Å². The van der Waals surface area contributed by atoms with E-state index in [1.165, 1.54) is 5.56 Å². The van der Waals surface area contributed by atoms with Crippen LogP contribution in [-0.4, -0.2) is 18.0 Å². The highest BCUT2D eigenvalue weighted by atomic mass is 15.1. The Morgan fingerprint density at radius 2 is 2.06 bits per heavy atom. The zero-order valence-corrected chi connectivity index (χ0v) is 9.93. The Morgan fingerprint density at radius 3 is 2.56 bits per heavy atom. The molecule has 1 rings (SSSR count). The molecule has 16 heavy (non-hydrogen) atoms. The molecule has 1 aromatic rings. The lowest BCUT2D eigenvalue weighted by Crippen LogP contribution is -2.34. The molecule has 0 aromatic heterocycles. The van der Waals surface area contributed by atoms with Gasteiger partial charge in [0.1, 0.15) is 6.04 Å². The van der Waals surface area contributed by atoms with E-state index >= 15 is 0 Å². The Kier molecular flexibility index (Phi) is 4.75. The van der Waals surface area contributed by atoms with E-state index in [1.807, 2.05) is 38.2 Å². The molecule has 2 nitrogen and oxygen atoms in total. The van der Waals surface area contributed by atoms with Crippen LogP contribution in [0, 0.1) is 17.2 Å². The van der Waals surface area contributed by atoms with Crippen molar-refractivity contribution in [3.8, 4) is 6.07 Å². The minimum Gasteiger partial charge on any atom is -0.286 e. The third kappa shape index (κ3) is 3.22. The number of benzene rings is 1. The van der Waals surface area contributed by atoms with Crippen LogP contribution in [0.2, 0.25) is 0 Å². The van der Waals surface area contributed by atoms with Crippen LogP contribution in [0.1, 0.15) is 12.5 Å². The first kappa shape index (κ1) is 12.5. The van der Waals surface area contributed by atoms with Gasteiger partial charge in [-0.15, -0.1) is 6.58 Å². The number of nitriles is 1. The molecular formula is C14H18N2. The van der Waals surface area contributed by atoms with E-state index < -0.39 is 0 Å². The van der Waals surface area contributed by atoms with Gasteiger partial charge in [-0.2, -0.15) is 5.26 Å².